The molecule has 1 aromatic heterocycles. The lowest BCUT2D eigenvalue weighted by Crippen LogP contribution is -2.53. The number of aromatic nitrogens is 2. The Morgan fingerprint density at radius 1 is 1.19 bits per heavy atom. The lowest BCUT2D eigenvalue weighted by Gasteiger charge is -2.36. The van der Waals surface area contributed by atoms with E-state index in [1.165, 1.54) is 43.9 Å². The highest BCUT2D eigenvalue weighted by molar-refractivity contribution is 7.09. The summed E-state index contributed by atoms with van der Waals surface area (Å²) in [6.07, 6.45) is 5.07. The molecule has 1 aliphatic carbocycles. The Morgan fingerprint density at radius 3 is 2.65 bits per heavy atom. The van der Waals surface area contributed by atoms with E-state index in [4.69, 9.17) is 0 Å². The van der Waals surface area contributed by atoms with Crippen molar-refractivity contribution in [2.45, 2.75) is 38.6 Å². The number of aryl methyl sites for hydroxylation is 1. The maximum absolute atomic E-state index is 4.62. The third-order valence-electron chi connectivity index (χ3n) is 5.76. The molecule has 1 atom stereocenters. The molecular formula is C18H31N7S. The molecule has 7 nitrogen and oxygen atoms in total. The number of hydrogen-bond donors (Lipinski definition) is 1. The fourth-order valence-electron chi connectivity index (χ4n) is 3.99. The fourth-order valence-corrected chi connectivity index (χ4v) is 4.80. The summed E-state index contributed by atoms with van der Waals surface area (Å²) in [5, 5.41) is 4.70. The van der Waals surface area contributed by atoms with Gasteiger partial charge in [-0.25, -0.2) is 4.98 Å². The van der Waals surface area contributed by atoms with Crippen LogP contribution in [0.25, 0.3) is 0 Å². The van der Waals surface area contributed by atoms with Crippen LogP contribution in [0.4, 0.5) is 5.13 Å². The van der Waals surface area contributed by atoms with Crippen LogP contribution in [-0.2, 0) is 6.42 Å². The summed E-state index contributed by atoms with van der Waals surface area (Å²) >= 11 is 1.53. The number of aliphatic imine (C=N–C) groups is 1. The normalized spacial score (nSPS) is 25.2. The van der Waals surface area contributed by atoms with Crippen LogP contribution in [0.15, 0.2) is 4.99 Å². The molecule has 3 fully saturated rings. The third-order valence-corrected chi connectivity index (χ3v) is 6.58. The molecule has 0 spiro atoms. The van der Waals surface area contributed by atoms with Gasteiger partial charge in [0, 0.05) is 70.3 Å². The average molecular weight is 378 g/mol. The second-order valence-corrected chi connectivity index (χ2v) is 8.36. The van der Waals surface area contributed by atoms with Crippen molar-refractivity contribution >= 4 is 22.6 Å². The number of piperazine rings is 1. The van der Waals surface area contributed by atoms with Gasteiger partial charge in [-0.15, -0.1) is 0 Å². The van der Waals surface area contributed by atoms with Crippen molar-refractivity contribution < 1.29 is 0 Å². The highest BCUT2D eigenvalue weighted by atomic mass is 32.1. The van der Waals surface area contributed by atoms with Crippen molar-refractivity contribution in [1.82, 2.24) is 24.5 Å². The molecule has 2 saturated heterocycles. The summed E-state index contributed by atoms with van der Waals surface area (Å²) in [5.74, 6) is 2.78. The molecule has 1 aromatic rings. The molecule has 8 heteroatoms. The van der Waals surface area contributed by atoms with Gasteiger partial charge < -0.3 is 20.0 Å². The van der Waals surface area contributed by atoms with Gasteiger partial charge in [-0.05, 0) is 31.7 Å². The van der Waals surface area contributed by atoms with Gasteiger partial charge in [-0.1, -0.05) is 6.92 Å². The molecule has 0 aromatic carbocycles. The van der Waals surface area contributed by atoms with Gasteiger partial charge >= 0.3 is 0 Å². The smallest absolute Gasteiger partial charge is 0.205 e. The molecule has 3 heterocycles. The molecule has 1 saturated carbocycles. The summed E-state index contributed by atoms with van der Waals surface area (Å²) in [5.41, 5.74) is 0. The maximum atomic E-state index is 4.62. The minimum absolute atomic E-state index is 0.766. The maximum Gasteiger partial charge on any atom is 0.205 e. The molecule has 1 unspecified atom stereocenters. The van der Waals surface area contributed by atoms with E-state index in [-0.39, 0.29) is 0 Å². The average Bonchev–Trinajstić information content (AvgIpc) is 3.23. The van der Waals surface area contributed by atoms with E-state index in [0.717, 1.165) is 68.0 Å². The fraction of sp³-hybridized carbons (Fsp3) is 0.833. The van der Waals surface area contributed by atoms with Crippen LogP contribution in [0, 0.1) is 5.92 Å². The van der Waals surface area contributed by atoms with Gasteiger partial charge in [-0.2, -0.15) is 4.37 Å². The van der Waals surface area contributed by atoms with E-state index in [1.807, 2.05) is 7.05 Å². The minimum atomic E-state index is 0.766. The molecule has 2 aliphatic heterocycles. The first-order valence-electron chi connectivity index (χ1n) is 10.0. The zero-order chi connectivity index (χ0) is 17.9. The zero-order valence-corrected chi connectivity index (χ0v) is 16.8. The van der Waals surface area contributed by atoms with Crippen LogP contribution in [0.5, 0.6) is 0 Å². The van der Waals surface area contributed by atoms with Gasteiger partial charge in [0.15, 0.2) is 5.96 Å². The Morgan fingerprint density at radius 2 is 2.00 bits per heavy atom. The van der Waals surface area contributed by atoms with Gasteiger partial charge in [0.2, 0.25) is 5.13 Å². The van der Waals surface area contributed by atoms with E-state index in [0.29, 0.717) is 0 Å². The van der Waals surface area contributed by atoms with Crippen molar-refractivity contribution in [3.8, 4) is 0 Å². The largest absolute Gasteiger partial charge is 0.356 e. The number of likely N-dealkylation sites (tertiary alicyclic amines) is 1. The van der Waals surface area contributed by atoms with E-state index in [2.05, 4.69) is 41.3 Å². The number of anilines is 1. The van der Waals surface area contributed by atoms with Gasteiger partial charge in [-0.3, -0.25) is 4.99 Å². The van der Waals surface area contributed by atoms with Gasteiger partial charge in [0.25, 0.3) is 0 Å². The quantitative estimate of drug-likeness (QED) is 0.616. The predicted molar refractivity (Wildman–Crippen MR) is 107 cm³/mol. The van der Waals surface area contributed by atoms with E-state index in [1.54, 1.807) is 0 Å². The Balaban J connectivity index is 1.23. The van der Waals surface area contributed by atoms with Crippen LogP contribution in [0.2, 0.25) is 0 Å². The molecule has 1 N–H and O–H groups in total. The summed E-state index contributed by atoms with van der Waals surface area (Å²) in [4.78, 5) is 16.6. The topological polar surface area (TPSA) is 59.9 Å². The predicted octanol–water partition coefficient (Wildman–Crippen LogP) is 1.28. The number of hydrogen-bond acceptors (Lipinski definition) is 6. The first-order chi connectivity index (χ1) is 12.8. The van der Waals surface area contributed by atoms with Crippen LogP contribution in [-0.4, -0.2) is 84.0 Å². The standard InChI is InChI=1S/C18H31N7S/c1-3-16-21-18(26-22-16)24-10-8-23(9-11-24)17(19-2)20-12-14-6-7-25(13-14)15-4-5-15/h14-15H,3-13H2,1-2H3,(H,19,20). The van der Waals surface area contributed by atoms with Crippen molar-refractivity contribution in [3.63, 3.8) is 0 Å². The highest BCUT2D eigenvalue weighted by Gasteiger charge is 2.34. The van der Waals surface area contributed by atoms with Crippen LogP contribution in [0.3, 0.4) is 0 Å². The number of rotatable bonds is 5. The number of nitrogens with zero attached hydrogens (tertiary/aromatic N) is 6. The van der Waals surface area contributed by atoms with Gasteiger partial charge in [0.1, 0.15) is 5.82 Å². The van der Waals surface area contributed by atoms with Crippen LogP contribution >= 0.6 is 11.5 Å². The summed E-state index contributed by atoms with van der Waals surface area (Å²) in [6, 6.07) is 0.904. The summed E-state index contributed by atoms with van der Waals surface area (Å²) in [7, 11) is 1.90. The first-order valence-corrected chi connectivity index (χ1v) is 10.8. The second-order valence-electron chi connectivity index (χ2n) is 7.63. The molecule has 0 amide bonds. The summed E-state index contributed by atoms with van der Waals surface area (Å²) in [6.45, 7) is 9.64. The monoisotopic (exact) mass is 377 g/mol. The SMILES string of the molecule is CCc1nsc(N2CCN(C(=NC)NCC3CCN(C4CC4)C3)CC2)n1. The third kappa shape index (κ3) is 4.11. The lowest BCUT2D eigenvalue weighted by atomic mass is 10.1. The second kappa shape index (κ2) is 8.08. The molecule has 144 valence electrons. The Hall–Kier alpha value is -1.41. The molecule has 3 aliphatic rings. The molecule has 26 heavy (non-hydrogen) atoms. The lowest BCUT2D eigenvalue weighted by molar-refractivity contribution is 0.312. The van der Waals surface area contributed by atoms with Crippen molar-refractivity contribution in [3.05, 3.63) is 5.82 Å². The molecule has 0 radical (unpaired) electrons. The van der Waals surface area contributed by atoms with Crippen molar-refractivity contribution in [2.75, 3.05) is 57.8 Å². The Kier molecular flexibility index (Phi) is 5.59. The highest BCUT2D eigenvalue weighted by Crippen LogP contribution is 2.31. The van der Waals surface area contributed by atoms with E-state index in [9.17, 15) is 0 Å². The Bertz CT molecular complexity index is 619. The zero-order valence-electron chi connectivity index (χ0n) is 16.0. The van der Waals surface area contributed by atoms with Crippen molar-refractivity contribution in [1.29, 1.82) is 0 Å². The minimum Gasteiger partial charge on any atom is -0.356 e. The summed E-state index contributed by atoms with van der Waals surface area (Å²) < 4.78 is 4.41. The first kappa shape index (κ1) is 18.0. The number of nitrogens with one attached hydrogen (secondary N) is 1. The Labute approximate surface area is 160 Å². The van der Waals surface area contributed by atoms with Crippen LogP contribution in [0.1, 0.15) is 32.0 Å². The number of guanidine groups is 1. The van der Waals surface area contributed by atoms with E-state index < -0.39 is 0 Å². The molecule has 0 bridgehead atoms. The van der Waals surface area contributed by atoms with Crippen molar-refractivity contribution in [2.24, 2.45) is 10.9 Å². The molecular weight excluding hydrogens is 346 g/mol. The van der Waals surface area contributed by atoms with Gasteiger partial charge in [0.05, 0.1) is 0 Å². The van der Waals surface area contributed by atoms with E-state index >= 15 is 0 Å². The van der Waals surface area contributed by atoms with Crippen LogP contribution < -0.4 is 10.2 Å². The molecule has 4 rings (SSSR count).